The van der Waals surface area contributed by atoms with Gasteiger partial charge in [0.1, 0.15) is 0 Å². The number of rotatable bonds is 4. The second kappa shape index (κ2) is 7.03. The molecular formula is C21H20N4O. The Morgan fingerprint density at radius 1 is 1.04 bits per heavy atom. The van der Waals surface area contributed by atoms with Crippen LogP contribution in [0.3, 0.4) is 0 Å². The Labute approximate surface area is 152 Å². The van der Waals surface area contributed by atoms with Crippen LogP contribution in [0.4, 0.5) is 0 Å². The first-order valence-electron chi connectivity index (χ1n) is 8.79. The normalized spacial score (nSPS) is 14.0. The van der Waals surface area contributed by atoms with Crippen LogP contribution in [-0.2, 0) is 26.1 Å². The molecule has 0 amide bonds. The van der Waals surface area contributed by atoms with Crippen LogP contribution in [0.5, 0.6) is 0 Å². The highest BCUT2D eigenvalue weighted by atomic mass is 16.1. The minimum atomic E-state index is 0.0926. The van der Waals surface area contributed by atoms with Gasteiger partial charge in [0.25, 0.3) is 5.56 Å². The Morgan fingerprint density at radius 3 is 2.65 bits per heavy atom. The fourth-order valence-electron chi connectivity index (χ4n) is 3.54. The smallest absolute Gasteiger partial charge is 0.270 e. The molecule has 0 unspecified atom stereocenters. The quantitative estimate of drug-likeness (QED) is 0.791. The molecule has 5 heteroatoms. The molecule has 0 saturated carbocycles. The Balaban J connectivity index is 1.51. The van der Waals surface area contributed by atoms with E-state index in [1.807, 2.05) is 54.6 Å². The molecule has 0 aliphatic carbocycles. The Hall–Kier alpha value is -3.10. The van der Waals surface area contributed by atoms with Gasteiger partial charge in [-0.15, -0.1) is 0 Å². The van der Waals surface area contributed by atoms with Crippen molar-refractivity contribution in [1.29, 1.82) is 5.26 Å². The third-order valence-electron chi connectivity index (χ3n) is 4.84. The van der Waals surface area contributed by atoms with Crippen LogP contribution in [0.25, 0.3) is 0 Å². The van der Waals surface area contributed by atoms with Crippen molar-refractivity contribution in [3.05, 3.63) is 92.9 Å². The Kier molecular flexibility index (Phi) is 4.42. The maximum Gasteiger partial charge on any atom is 0.270 e. The summed E-state index contributed by atoms with van der Waals surface area (Å²) in [5, 5.41) is 12.3. The number of benzene rings is 2. The van der Waals surface area contributed by atoms with Crippen LogP contribution in [0.1, 0.15) is 27.9 Å². The van der Waals surface area contributed by atoms with E-state index in [2.05, 4.69) is 16.1 Å². The molecule has 0 saturated heterocycles. The largest absolute Gasteiger partial charge is 0.298 e. The van der Waals surface area contributed by atoms with Gasteiger partial charge in [-0.1, -0.05) is 42.5 Å². The van der Waals surface area contributed by atoms with E-state index in [4.69, 9.17) is 5.26 Å². The van der Waals surface area contributed by atoms with E-state index in [-0.39, 0.29) is 5.56 Å². The summed E-state index contributed by atoms with van der Waals surface area (Å²) >= 11 is 0. The van der Waals surface area contributed by atoms with Crippen LogP contribution >= 0.6 is 0 Å². The number of nitrogens with zero attached hydrogens (tertiary/aromatic N) is 3. The van der Waals surface area contributed by atoms with E-state index in [9.17, 15) is 4.79 Å². The van der Waals surface area contributed by atoms with E-state index in [1.54, 1.807) is 4.68 Å². The summed E-state index contributed by atoms with van der Waals surface area (Å²) in [6.07, 6.45) is 0.754. The summed E-state index contributed by atoms with van der Waals surface area (Å²) in [6.45, 7) is 2.92. The summed E-state index contributed by atoms with van der Waals surface area (Å²) in [4.78, 5) is 15.0. The number of fused-ring (bicyclic) bond motifs is 1. The maximum atomic E-state index is 12.6. The van der Waals surface area contributed by atoms with Gasteiger partial charge in [0.2, 0.25) is 0 Å². The van der Waals surface area contributed by atoms with Crippen molar-refractivity contribution in [3.8, 4) is 6.07 Å². The van der Waals surface area contributed by atoms with Crippen molar-refractivity contribution in [2.75, 3.05) is 6.54 Å². The first kappa shape index (κ1) is 16.4. The first-order valence-corrected chi connectivity index (χ1v) is 8.79. The van der Waals surface area contributed by atoms with Crippen LogP contribution < -0.4 is 5.56 Å². The molecule has 0 spiro atoms. The van der Waals surface area contributed by atoms with Gasteiger partial charge in [0.15, 0.2) is 0 Å². The molecule has 4 rings (SSSR count). The number of aromatic nitrogens is 2. The van der Waals surface area contributed by atoms with E-state index in [1.165, 1.54) is 0 Å². The molecule has 0 fully saturated rings. The maximum absolute atomic E-state index is 12.6. The number of hydrogen-bond acceptors (Lipinski definition) is 3. The molecule has 0 bridgehead atoms. The molecule has 0 atom stereocenters. The summed E-state index contributed by atoms with van der Waals surface area (Å²) in [5.41, 5.74) is 4.92. The van der Waals surface area contributed by atoms with Gasteiger partial charge in [0, 0.05) is 25.2 Å². The van der Waals surface area contributed by atoms with E-state index < -0.39 is 0 Å². The highest BCUT2D eigenvalue weighted by molar-refractivity contribution is 5.33. The molecule has 130 valence electrons. The third-order valence-corrected chi connectivity index (χ3v) is 4.84. The lowest BCUT2D eigenvalue weighted by Gasteiger charge is -2.26. The zero-order valence-corrected chi connectivity index (χ0v) is 14.5. The Bertz CT molecular complexity index is 1010. The topological polar surface area (TPSA) is 64.8 Å². The minimum Gasteiger partial charge on any atom is -0.298 e. The molecule has 5 nitrogen and oxygen atoms in total. The fourth-order valence-corrected chi connectivity index (χ4v) is 3.54. The predicted molar refractivity (Wildman–Crippen MR) is 99.6 cm³/mol. The second-order valence-corrected chi connectivity index (χ2v) is 6.72. The van der Waals surface area contributed by atoms with Gasteiger partial charge in [-0.05, 0) is 29.7 Å². The number of aromatic amines is 1. The second-order valence-electron chi connectivity index (χ2n) is 6.72. The third kappa shape index (κ3) is 3.32. The number of hydrogen-bond donors (Lipinski definition) is 1. The molecule has 1 aliphatic heterocycles. The van der Waals surface area contributed by atoms with Crippen LogP contribution in [0.15, 0.2) is 59.4 Å². The van der Waals surface area contributed by atoms with Gasteiger partial charge >= 0.3 is 0 Å². The van der Waals surface area contributed by atoms with Crippen molar-refractivity contribution in [2.45, 2.75) is 26.1 Å². The van der Waals surface area contributed by atoms with Crippen molar-refractivity contribution >= 4 is 0 Å². The van der Waals surface area contributed by atoms with Gasteiger partial charge in [0.05, 0.1) is 23.9 Å². The number of nitriles is 1. The van der Waals surface area contributed by atoms with Crippen molar-refractivity contribution < 1.29 is 0 Å². The monoisotopic (exact) mass is 344 g/mol. The molecule has 26 heavy (non-hydrogen) atoms. The number of nitrogens with one attached hydrogen (secondary N) is 1. The van der Waals surface area contributed by atoms with Gasteiger partial charge < -0.3 is 0 Å². The van der Waals surface area contributed by atoms with Crippen LogP contribution in [-0.4, -0.2) is 21.2 Å². The average molecular weight is 344 g/mol. The standard InChI is InChI=1S/C21H20N4O/c22-12-17-7-4-8-18(11-17)13-24-10-9-19-20(15-24)23-25(21(19)26)14-16-5-2-1-3-6-16/h1-8,11,23H,9-10,13-15H2. The lowest BCUT2D eigenvalue weighted by Crippen LogP contribution is -2.31. The predicted octanol–water partition coefficient (Wildman–Crippen LogP) is 2.65. The lowest BCUT2D eigenvalue weighted by atomic mass is 10.1. The van der Waals surface area contributed by atoms with Crippen LogP contribution in [0.2, 0.25) is 0 Å². The molecule has 0 radical (unpaired) electrons. The Morgan fingerprint density at radius 2 is 1.85 bits per heavy atom. The zero-order chi connectivity index (χ0) is 17.9. The molecule has 1 aliphatic rings. The summed E-state index contributed by atoms with van der Waals surface area (Å²) < 4.78 is 1.71. The minimum absolute atomic E-state index is 0.0926. The lowest BCUT2D eigenvalue weighted by molar-refractivity contribution is 0.242. The van der Waals surface area contributed by atoms with E-state index in [0.29, 0.717) is 12.1 Å². The molecule has 1 N–H and O–H groups in total. The van der Waals surface area contributed by atoms with Crippen molar-refractivity contribution in [1.82, 2.24) is 14.7 Å². The molecule has 2 heterocycles. The SMILES string of the molecule is N#Cc1cccc(CN2CCc3c([nH]n(Cc4ccccc4)c3=O)C2)c1. The summed E-state index contributed by atoms with van der Waals surface area (Å²) in [7, 11) is 0. The zero-order valence-electron chi connectivity index (χ0n) is 14.5. The van der Waals surface area contributed by atoms with Gasteiger partial charge in [-0.2, -0.15) is 5.26 Å². The summed E-state index contributed by atoms with van der Waals surface area (Å²) in [6, 6.07) is 19.9. The van der Waals surface area contributed by atoms with Crippen molar-refractivity contribution in [3.63, 3.8) is 0 Å². The molecule has 1 aromatic heterocycles. The highest BCUT2D eigenvalue weighted by Gasteiger charge is 2.22. The highest BCUT2D eigenvalue weighted by Crippen LogP contribution is 2.17. The summed E-state index contributed by atoms with van der Waals surface area (Å²) in [5.74, 6) is 0. The first-order chi connectivity index (χ1) is 12.7. The van der Waals surface area contributed by atoms with E-state index in [0.717, 1.165) is 48.4 Å². The number of H-pyrrole nitrogens is 1. The van der Waals surface area contributed by atoms with Gasteiger partial charge in [-0.3, -0.25) is 14.8 Å². The van der Waals surface area contributed by atoms with E-state index >= 15 is 0 Å². The van der Waals surface area contributed by atoms with Gasteiger partial charge in [-0.25, -0.2) is 4.68 Å². The van der Waals surface area contributed by atoms with Crippen molar-refractivity contribution in [2.24, 2.45) is 0 Å². The fraction of sp³-hybridized carbons (Fsp3) is 0.238. The van der Waals surface area contributed by atoms with Crippen LogP contribution in [0, 0.1) is 11.3 Å². The molecular weight excluding hydrogens is 324 g/mol. The average Bonchev–Trinajstić information content (AvgIpc) is 2.98. The molecule has 2 aromatic carbocycles. The molecule has 3 aromatic rings.